The summed E-state index contributed by atoms with van der Waals surface area (Å²) in [5, 5.41) is 3.15. The van der Waals surface area contributed by atoms with Crippen LogP contribution in [0.25, 0.3) is 6.08 Å². The van der Waals surface area contributed by atoms with E-state index < -0.39 is 12.5 Å². The molecule has 3 rings (SSSR count). The lowest BCUT2D eigenvalue weighted by Crippen LogP contribution is -2.32. The molecule has 2 aromatic rings. The standard InChI is InChI=1S/C24H25F2N3O4S/c1-3-4-13-27-21(30)15-34-24-28-20(14-16-5-9-18(32-2)10-6-16)22(31)29(24)17-7-11-19(12-8-17)33-23(25)26/h5-12,14,23H,3-4,13,15H2,1-2H3,(H,27,30)/b20-14-. The number of anilines is 1. The molecule has 1 heterocycles. The molecule has 0 saturated carbocycles. The van der Waals surface area contributed by atoms with Crippen molar-refractivity contribution in [3.8, 4) is 11.5 Å². The quantitative estimate of drug-likeness (QED) is 0.387. The van der Waals surface area contributed by atoms with Gasteiger partial charge in [0.1, 0.15) is 17.2 Å². The summed E-state index contributed by atoms with van der Waals surface area (Å²) in [5.74, 6) is 0.172. The molecule has 2 aromatic carbocycles. The molecule has 0 spiro atoms. The van der Waals surface area contributed by atoms with E-state index in [0.29, 0.717) is 23.1 Å². The number of alkyl halides is 2. The second-order valence-corrected chi connectivity index (χ2v) is 8.14. The molecule has 0 radical (unpaired) electrons. The van der Waals surface area contributed by atoms with Crippen LogP contribution in [0, 0.1) is 0 Å². The summed E-state index contributed by atoms with van der Waals surface area (Å²) in [6, 6.07) is 12.8. The summed E-state index contributed by atoms with van der Waals surface area (Å²) in [6.07, 6.45) is 3.48. The summed E-state index contributed by atoms with van der Waals surface area (Å²) in [6.45, 7) is -0.331. The van der Waals surface area contributed by atoms with Crippen LogP contribution >= 0.6 is 11.8 Å². The van der Waals surface area contributed by atoms with Crippen molar-refractivity contribution in [1.82, 2.24) is 5.32 Å². The fourth-order valence-corrected chi connectivity index (χ4v) is 3.88. The number of amides is 2. The first-order chi connectivity index (χ1) is 16.4. The molecule has 0 aliphatic carbocycles. The molecule has 0 unspecified atom stereocenters. The second kappa shape index (κ2) is 12.2. The van der Waals surface area contributed by atoms with Crippen molar-refractivity contribution in [3.63, 3.8) is 0 Å². The van der Waals surface area contributed by atoms with E-state index in [4.69, 9.17) is 4.74 Å². The first-order valence-electron chi connectivity index (χ1n) is 10.6. The van der Waals surface area contributed by atoms with Crippen molar-refractivity contribution in [2.75, 3.05) is 24.3 Å². The van der Waals surface area contributed by atoms with E-state index in [0.717, 1.165) is 30.2 Å². The lowest BCUT2D eigenvalue weighted by Gasteiger charge is -2.18. The molecule has 0 fully saturated rings. The van der Waals surface area contributed by atoms with Gasteiger partial charge in [-0.05, 0) is 54.5 Å². The van der Waals surface area contributed by atoms with Gasteiger partial charge in [0.2, 0.25) is 5.91 Å². The molecular formula is C24H25F2N3O4S. The Hall–Kier alpha value is -3.40. The van der Waals surface area contributed by atoms with Crippen molar-refractivity contribution in [3.05, 3.63) is 59.8 Å². The minimum absolute atomic E-state index is 0.0270. The Labute approximate surface area is 200 Å². The number of ether oxygens (including phenoxy) is 2. The van der Waals surface area contributed by atoms with Gasteiger partial charge in [0.25, 0.3) is 5.91 Å². The third-order valence-corrected chi connectivity index (χ3v) is 5.69. The van der Waals surface area contributed by atoms with E-state index >= 15 is 0 Å². The molecule has 34 heavy (non-hydrogen) atoms. The lowest BCUT2D eigenvalue weighted by atomic mass is 10.2. The van der Waals surface area contributed by atoms with Gasteiger partial charge in [0, 0.05) is 6.54 Å². The average Bonchev–Trinajstić information content (AvgIpc) is 3.13. The van der Waals surface area contributed by atoms with Gasteiger partial charge in [-0.1, -0.05) is 37.2 Å². The van der Waals surface area contributed by atoms with Gasteiger partial charge in [-0.15, -0.1) is 0 Å². The van der Waals surface area contributed by atoms with Gasteiger partial charge in [0.15, 0.2) is 5.17 Å². The maximum Gasteiger partial charge on any atom is 0.387 e. The van der Waals surface area contributed by atoms with E-state index in [9.17, 15) is 18.4 Å². The van der Waals surface area contributed by atoms with Crippen molar-refractivity contribution in [2.45, 2.75) is 26.4 Å². The molecule has 0 aromatic heterocycles. The molecule has 7 nitrogen and oxygen atoms in total. The van der Waals surface area contributed by atoms with Crippen molar-refractivity contribution < 1.29 is 27.8 Å². The highest BCUT2D eigenvalue weighted by molar-refractivity contribution is 8.14. The summed E-state index contributed by atoms with van der Waals surface area (Å²) in [7, 11) is 1.57. The fraction of sp³-hybridized carbons (Fsp3) is 0.292. The number of carbonyl (C=O) groups is 2. The molecule has 180 valence electrons. The van der Waals surface area contributed by atoms with Crippen LogP contribution in [-0.2, 0) is 9.59 Å². The number of hydrogen-bond donors (Lipinski definition) is 1. The number of benzene rings is 2. The Morgan fingerprint density at radius 2 is 1.82 bits per heavy atom. The van der Waals surface area contributed by atoms with Crippen LogP contribution in [0.5, 0.6) is 11.5 Å². The Morgan fingerprint density at radius 3 is 2.44 bits per heavy atom. The smallest absolute Gasteiger partial charge is 0.387 e. The van der Waals surface area contributed by atoms with E-state index in [1.54, 1.807) is 37.5 Å². The maximum atomic E-state index is 13.2. The topological polar surface area (TPSA) is 80.2 Å². The Bertz CT molecular complexity index is 1060. The SMILES string of the molecule is CCCCNC(=O)CSC1=N/C(=C\c2ccc(OC)cc2)C(=O)N1c1ccc(OC(F)F)cc1. The van der Waals surface area contributed by atoms with Gasteiger partial charge in [-0.25, -0.2) is 4.99 Å². The summed E-state index contributed by atoms with van der Waals surface area (Å²) in [4.78, 5) is 31.2. The van der Waals surface area contributed by atoms with Crippen LogP contribution in [0.15, 0.2) is 59.2 Å². The highest BCUT2D eigenvalue weighted by Gasteiger charge is 2.32. The lowest BCUT2D eigenvalue weighted by molar-refractivity contribution is -0.118. The molecule has 1 aliphatic rings. The van der Waals surface area contributed by atoms with Gasteiger partial charge in [-0.2, -0.15) is 8.78 Å². The summed E-state index contributed by atoms with van der Waals surface area (Å²) < 4.78 is 34.5. The number of aliphatic imine (C=N–C) groups is 1. The third-order valence-electron chi connectivity index (χ3n) is 4.75. The van der Waals surface area contributed by atoms with Gasteiger partial charge >= 0.3 is 6.61 Å². The number of halogens is 2. The largest absolute Gasteiger partial charge is 0.497 e. The average molecular weight is 490 g/mol. The fourth-order valence-electron chi connectivity index (χ4n) is 3.04. The summed E-state index contributed by atoms with van der Waals surface area (Å²) in [5.41, 5.74) is 1.35. The molecule has 0 bridgehead atoms. The van der Waals surface area contributed by atoms with Gasteiger partial charge in [0.05, 0.1) is 18.6 Å². The second-order valence-electron chi connectivity index (χ2n) is 7.20. The van der Waals surface area contributed by atoms with E-state index in [1.807, 2.05) is 6.92 Å². The normalized spacial score (nSPS) is 14.5. The summed E-state index contributed by atoms with van der Waals surface area (Å²) >= 11 is 1.12. The molecule has 1 N–H and O–H groups in total. The van der Waals surface area contributed by atoms with Crippen LogP contribution < -0.4 is 19.7 Å². The number of methoxy groups -OCH3 is 1. The first kappa shape index (κ1) is 25.2. The van der Waals surface area contributed by atoms with Gasteiger partial charge in [-0.3, -0.25) is 14.5 Å². The number of carbonyl (C=O) groups excluding carboxylic acids is 2. The molecule has 0 atom stereocenters. The number of amidine groups is 1. The van der Waals surface area contributed by atoms with Crippen LogP contribution in [-0.4, -0.2) is 43.0 Å². The minimum atomic E-state index is -2.95. The zero-order valence-corrected chi connectivity index (χ0v) is 19.6. The molecule has 0 saturated heterocycles. The zero-order chi connectivity index (χ0) is 24.5. The number of hydrogen-bond acceptors (Lipinski definition) is 6. The minimum Gasteiger partial charge on any atom is -0.497 e. The van der Waals surface area contributed by atoms with Crippen LogP contribution in [0.3, 0.4) is 0 Å². The molecule has 10 heteroatoms. The number of nitrogens with zero attached hydrogens (tertiary/aromatic N) is 2. The van der Waals surface area contributed by atoms with Crippen molar-refractivity contribution in [1.29, 1.82) is 0 Å². The number of rotatable bonds is 10. The molecule has 2 amide bonds. The molecule has 1 aliphatic heterocycles. The van der Waals surface area contributed by atoms with E-state index in [-0.39, 0.29) is 23.1 Å². The third kappa shape index (κ3) is 6.80. The van der Waals surface area contributed by atoms with Crippen LogP contribution in [0.2, 0.25) is 0 Å². The number of unbranched alkanes of at least 4 members (excludes halogenated alkanes) is 1. The van der Waals surface area contributed by atoms with Crippen molar-refractivity contribution in [2.24, 2.45) is 4.99 Å². The van der Waals surface area contributed by atoms with Gasteiger partial charge < -0.3 is 14.8 Å². The van der Waals surface area contributed by atoms with E-state index in [2.05, 4.69) is 15.0 Å². The predicted molar refractivity (Wildman–Crippen MR) is 129 cm³/mol. The highest BCUT2D eigenvalue weighted by atomic mass is 32.2. The maximum absolute atomic E-state index is 13.2. The Kier molecular flexibility index (Phi) is 9.03. The van der Waals surface area contributed by atoms with Crippen LogP contribution in [0.1, 0.15) is 25.3 Å². The van der Waals surface area contributed by atoms with Crippen LogP contribution in [0.4, 0.5) is 14.5 Å². The van der Waals surface area contributed by atoms with E-state index in [1.165, 1.54) is 29.2 Å². The number of thioether (sulfide) groups is 1. The first-order valence-corrected chi connectivity index (χ1v) is 11.6. The number of nitrogens with one attached hydrogen (secondary N) is 1. The molecular weight excluding hydrogens is 464 g/mol. The van der Waals surface area contributed by atoms with Crippen molar-refractivity contribution >= 4 is 40.5 Å². The highest BCUT2D eigenvalue weighted by Crippen LogP contribution is 2.31. The Balaban J connectivity index is 1.83. The zero-order valence-electron chi connectivity index (χ0n) is 18.8. The Morgan fingerprint density at radius 1 is 1.15 bits per heavy atom. The predicted octanol–water partition coefficient (Wildman–Crippen LogP) is 4.69. The monoisotopic (exact) mass is 489 g/mol.